The molecule has 0 unspecified atom stereocenters. The monoisotopic (exact) mass is 356 g/mol. The number of aryl methyl sites for hydroxylation is 3. The number of fused-ring (bicyclic) bond motifs is 1. The number of hydrogen-bond donors (Lipinski definition) is 1. The molecule has 1 aromatic carbocycles. The summed E-state index contributed by atoms with van der Waals surface area (Å²) in [5.41, 5.74) is 1.96. The number of aromatic nitrogens is 1. The van der Waals surface area contributed by atoms with Gasteiger partial charge in [0.1, 0.15) is 4.90 Å². The summed E-state index contributed by atoms with van der Waals surface area (Å²) in [5.74, 6) is 0. The van der Waals surface area contributed by atoms with Crippen molar-refractivity contribution in [3.63, 3.8) is 0 Å². The number of rotatable bonds is 3. The van der Waals surface area contributed by atoms with E-state index in [9.17, 15) is 8.42 Å². The fourth-order valence-electron chi connectivity index (χ4n) is 2.57. The number of anilines is 1. The van der Waals surface area contributed by atoms with Crippen LogP contribution in [0.2, 0.25) is 5.02 Å². The summed E-state index contributed by atoms with van der Waals surface area (Å²) in [4.78, 5) is 5.74. The Kier molecular flexibility index (Phi) is 4.43. The van der Waals surface area contributed by atoms with E-state index in [4.69, 9.17) is 11.6 Å². The fourth-order valence-corrected chi connectivity index (χ4v) is 5.45. The normalized spacial score (nSPS) is 15.2. The highest BCUT2D eigenvalue weighted by atomic mass is 35.5. The van der Waals surface area contributed by atoms with E-state index in [0.29, 0.717) is 5.13 Å². The molecule has 1 aromatic heterocycles. The average Bonchev–Trinajstić information content (AvgIpc) is 2.66. The third kappa shape index (κ3) is 3.29. The minimum Gasteiger partial charge on any atom is -0.255 e. The molecule has 0 radical (unpaired) electrons. The Morgan fingerprint density at radius 2 is 2.00 bits per heavy atom. The van der Waals surface area contributed by atoms with Crippen molar-refractivity contribution in [2.75, 3.05) is 4.72 Å². The van der Waals surface area contributed by atoms with Crippen LogP contribution in [0.1, 0.15) is 35.4 Å². The van der Waals surface area contributed by atoms with Crippen LogP contribution in [0, 0.1) is 6.92 Å². The molecule has 0 amide bonds. The largest absolute Gasteiger partial charge is 0.265 e. The molecule has 4 nitrogen and oxygen atoms in total. The van der Waals surface area contributed by atoms with Gasteiger partial charge in [-0.2, -0.15) is 0 Å². The maximum Gasteiger partial charge on any atom is 0.265 e. The highest BCUT2D eigenvalue weighted by Crippen LogP contribution is 2.31. The smallest absolute Gasteiger partial charge is 0.255 e. The number of nitrogens with zero attached hydrogens (tertiary/aromatic N) is 1. The molecule has 118 valence electrons. The maximum atomic E-state index is 12.5. The summed E-state index contributed by atoms with van der Waals surface area (Å²) in [6.45, 7) is 1.87. The molecule has 0 fully saturated rings. The van der Waals surface area contributed by atoms with E-state index in [2.05, 4.69) is 9.71 Å². The molecule has 1 heterocycles. The Labute approximate surface area is 139 Å². The number of benzene rings is 1. The summed E-state index contributed by atoms with van der Waals surface area (Å²) >= 11 is 7.50. The SMILES string of the molecule is Cc1ccc(S(=O)(=O)Nc2nc3c(s2)CCCCC3)c(Cl)c1. The van der Waals surface area contributed by atoms with E-state index in [1.165, 1.54) is 28.7 Å². The molecule has 1 aliphatic rings. The Morgan fingerprint density at radius 1 is 1.23 bits per heavy atom. The standard InChI is InChI=1S/C15H17ClN2O2S2/c1-10-7-8-14(11(16)9-10)22(19,20)18-15-17-12-5-3-2-4-6-13(12)21-15/h7-9H,2-6H2,1H3,(H,17,18). The first kappa shape index (κ1) is 15.8. The van der Waals surface area contributed by atoms with Crippen molar-refractivity contribution >= 4 is 38.1 Å². The first-order valence-electron chi connectivity index (χ1n) is 7.23. The van der Waals surface area contributed by atoms with Gasteiger partial charge in [0.05, 0.1) is 10.7 Å². The summed E-state index contributed by atoms with van der Waals surface area (Å²) in [5, 5.41) is 0.661. The number of halogens is 1. The zero-order chi connectivity index (χ0) is 15.7. The van der Waals surface area contributed by atoms with E-state index in [1.807, 2.05) is 6.92 Å². The summed E-state index contributed by atoms with van der Waals surface area (Å²) in [6, 6.07) is 4.91. The first-order chi connectivity index (χ1) is 10.5. The maximum absolute atomic E-state index is 12.5. The Morgan fingerprint density at radius 3 is 2.77 bits per heavy atom. The van der Waals surface area contributed by atoms with Crippen LogP contribution in [0.3, 0.4) is 0 Å². The van der Waals surface area contributed by atoms with Gasteiger partial charge in [0, 0.05) is 4.88 Å². The lowest BCUT2D eigenvalue weighted by molar-refractivity contribution is 0.601. The quantitative estimate of drug-likeness (QED) is 0.839. The lowest BCUT2D eigenvalue weighted by atomic mass is 10.2. The van der Waals surface area contributed by atoms with E-state index >= 15 is 0 Å². The zero-order valence-electron chi connectivity index (χ0n) is 12.2. The molecule has 0 saturated carbocycles. The van der Waals surface area contributed by atoms with E-state index in [0.717, 1.165) is 36.9 Å². The lowest BCUT2D eigenvalue weighted by Gasteiger charge is -2.07. The van der Waals surface area contributed by atoms with Gasteiger partial charge in [-0.25, -0.2) is 13.4 Å². The second kappa shape index (κ2) is 6.18. The summed E-state index contributed by atoms with van der Waals surface area (Å²) in [7, 11) is -3.70. The third-order valence-corrected chi connectivity index (χ3v) is 6.72. The summed E-state index contributed by atoms with van der Waals surface area (Å²) in [6.07, 6.45) is 5.39. The van der Waals surface area contributed by atoms with Crippen LogP contribution in [-0.4, -0.2) is 13.4 Å². The molecule has 0 saturated heterocycles. The lowest BCUT2D eigenvalue weighted by Crippen LogP contribution is -2.13. The molecule has 0 aliphatic heterocycles. The molecule has 3 rings (SSSR count). The molecule has 7 heteroatoms. The third-order valence-electron chi connectivity index (χ3n) is 3.69. The molecule has 1 N–H and O–H groups in total. The Hall–Kier alpha value is -1.11. The molecule has 2 aromatic rings. The van der Waals surface area contributed by atoms with Crippen molar-refractivity contribution in [3.8, 4) is 0 Å². The number of sulfonamides is 1. The number of nitrogens with one attached hydrogen (secondary N) is 1. The highest BCUT2D eigenvalue weighted by Gasteiger charge is 2.21. The van der Waals surface area contributed by atoms with Crippen molar-refractivity contribution < 1.29 is 8.42 Å². The first-order valence-corrected chi connectivity index (χ1v) is 9.91. The highest BCUT2D eigenvalue weighted by molar-refractivity contribution is 7.93. The van der Waals surface area contributed by atoms with Crippen molar-refractivity contribution in [1.29, 1.82) is 0 Å². The molecule has 0 spiro atoms. The predicted octanol–water partition coefficient (Wildman–Crippen LogP) is 4.17. The molecule has 1 aliphatic carbocycles. The van der Waals surface area contributed by atoms with E-state index < -0.39 is 10.0 Å². The van der Waals surface area contributed by atoms with Crippen LogP contribution >= 0.6 is 22.9 Å². The predicted molar refractivity (Wildman–Crippen MR) is 90.4 cm³/mol. The minimum absolute atomic E-state index is 0.0881. The van der Waals surface area contributed by atoms with E-state index in [1.54, 1.807) is 12.1 Å². The van der Waals surface area contributed by atoms with Crippen LogP contribution in [0.25, 0.3) is 0 Å². The minimum atomic E-state index is -3.70. The van der Waals surface area contributed by atoms with Gasteiger partial charge in [0.2, 0.25) is 0 Å². The molecule has 0 bridgehead atoms. The van der Waals surface area contributed by atoms with Gasteiger partial charge < -0.3 is 0 Å². The van der Waals surface area contributed by atoms with Crippen LogP contribution in [0.5, 0.6) is 0 Å². The van der Waals surface area contributed by atoms with Gasteiger partial charge in [-0.05, 0) is 50.3 Å². The Bertz CT molecular complexity index is 776. The van der Waals surface area contributed by atoms with Crippen molar-refractivity contribution in [2.45, 2.75) is 43.9 Å². The van der Waals surface area contributed by atoms with Crippen molar-refractivity contribution in [1.82, 2.24) is 4.98 Å². The molecular formula is C15H17ClN2O2S2. The summed E-state index contributed by atoms with van der Waals surface area (Å²) < 4.78 is 27.5. The fraction of sp³-hybridized carbons (Fsp3) is 0.400. The van der Waals surface area contributed by atoms with Gasteiger partial charge in [-0.3, -0.25) is 4.72 Å². The van der Waals surface area contributed by atoms with E-state index in [-0.39, 0.29) is 9.92 Å². The molecular weight excluding hydrogens is 340 g/mol. The second-order valence-electron chi connectivity index (χ2n) is 5.49. The van der Waals surface area contributed by atoms with Gasteiger partial charge in [0.15, 0.2) is 5.13 Å². The molecule has 22 heavy (non-hydrogen) atoms. The van der Waals surface area contributed by atoms with Crippen LogP contribution < -0.4 is 4.72 Å². The number of hydrogen-bond acceptors (Lipinski definition) is 4. The van der Waals surface area contributed by atoms with Gasteiger partial charge in [0.25, 0.3) is 10.0 Å². The van der Waals surface area contributed by atoms with Gasteiger partial charge in [-0.15, -0.1) is 11.3 Å². The van der Waals surface area contributed by atoms with Gasteiger partial charge in [-0.1, -0.05) is 24.1 Å². The Balaban J connectivity index is 1.88. The zero-order valence-corrected chi connectivity index (χ0v) is 14.6. The van der Waals surface area contributed by atoms with Crippen molar-refractivity contribution in [3.05, 3.63) is 39.4 Å². The van der Waals surface area contributed by atoms with Gasteiger partial charge >= 0.3 is 0 Å². The van der Waals surface area contributed by atoms with Crippen LogP contribution in [0.4, 0.5) is 5.13 Å². The van der Waals surface area contributed by atoms with Crippen molar-refractivity contribution in [2.24, 2.45) is 0 Å². The molecule has 0 atom stereocenters. The van der Waals surface area contributed by atoms with Crippen LogP contribution in [-0.2, 0) is 22.9 Å². The van der Waals surface area contributed by atoms with Crippen LogP contribution in [0.15, 0.2) is 23.1 Å². The average molecular weight is 357 g/mol. The second-order valence-corrected chi connectivity index (χ2v) is 8.63. The number of thiazole rings is 1. The topological polar surface area (TPSA) is 59.1 Å².